The van der Waals surface area contributed by atoms with E-state index in [2.05, 4.69) is 69.0 Å². The number of hydrogen-bond donors (Lipinski definition) is 1. The van der Waals surface area contributed by atoms with Gasteiger partial charge in [0.25, 0.3) is 0 Å². The molecule has 1 unspecified atom stereocenters. The zero-order chi connectivity index (χ0) is 13.9. The smallest absolute Gasteiger partial charge is 0.241 e. The van der Waals surface area contributed by atoms with Crippen LogP contribution >= 0.6 is 63.7 Å². The highest BCUT2D eigenvalue weighted by molar-refractivity contribution is 9.12. The molecule has 1 N–H and O–H groups in total. The molecule has 0 aliphatic carbocycles. The molecule has 0 heterocycles. The fourth-order valence-corrected chi connectivity index (χ4v) is 2.37. The van der Waals surface area contributed by atoms with Crippen LogP contribution in [0, 0.1) is 0 Å². The van der Waals surface area contributed by atoms with E-state index >= 15 is 0 Å². The predicted octanol–water partition coefficient (Wildman–Crippen LogP) is 4.71. The standard InChI is InChI=1S/C11H11Br4NO2/c1-11(15,5-12)10(17)16-8-3-7(14)9(18-2)4-6(8)13/h3-4H,5H2,1-2H3,(H,16,17). The van der Waals surface area contributed by atoms with Crippen molar-refractivity contribution in [3.8, 4) is 5.75 Å². The van der Waals surface area contributed by atoms with Crippen molar-refractivity contribution in [2.45, 2.75) is 11.2 Å². The van der Waals surface area contributed by atoms with E-state index in [0.29, 0.717) is 16.8 Å². The van der Waals surface area contributed by atoms with E-state index in [1.165, 1.54) is 0 Å². The lowest BCUT2D eigenvalue weighted by Gasteiger charge is -2.19. The molecule has 1 aromatic rings. The first kappa shape index (κ1) is 16.5. The summed E-state index contributed by atoms with van der Waals surface area (Å²) in [6, 6.07) is 3.58. The summed E-state index contributed by atoms with van der Waals surface area (Å²) in [7, 11) is 1.59. The summed E-state index contributed by atoms with van der Waals surface area (Å²) in [5.74, 6) is 0.569. The van der Waals surface area contributed by atoms with Gasteiger partial charge in [-0.2, -0.15) is 0 Å². The number of amides is 1. The zero-order valence-corrected chi connectivity index (χ0v) is 16.0. The Morgan fingerprint density at radius 3 is 2.50 bits per heavy atom. The molecule has 1 amide bonds. The molecule has 1 atom stereocenters. The van der Waals surface area contributed by atoms with Gasteiger partial charge in [0.05, 0.1) is 17.3 Å². The van der Waals surface area contributed by atoms with Crippen molar-refractivity contribution in [3.63, 3.8) is 0 Å². The quantitative estimate of drug-likeness (QED) is 0.599. The zero-order valence-electron chi connectivity index (χ0n) is 9.69. The highest BCUT2D eigenvalue weighted by Crippen LogP contribution is 2.35. The van der Waals surface area contributed by atoms with Gasteiger partial charge in [-0.1, -0.05) is 31.9 Å². The Bertz CT molecular complexity index is 463. The van der Waals surface area contributed by atoms with Crippen molar-refractivity contribution < 1.29 is 9.53 Å². The lowest BCUT2D eigenvalue weighted by Crippen LogP contribution is -2.35. The van der Waals surface area contributed by atoms with Crippen LogP contribution in [0.1, 0.15) is 6.92 Å². The minimum absolute atomic E-state index is 0.128. The van der Waals surface area contributed by atoms with Crippen molar-refractivity contribution in [1.29, 1.82) is 0 Å². The highest BCUT2D eigenvalue weighted by atomic mass is 79.9. The first-order valence-electron chi connectivity index (χ1n) is 4.91. The van der Waals surface area contributed by atoms with Crippen LogP contribution in [0.4, 0.5) is 5.69 Å². The molecule has 0 aliphatic heterocycles. The number of anilines is 1. The molecule has 18 heavy (non-hydrogen) atoms. The fourth-order valence-electron chi connectivity index (χ4n) is 1.09. The molecule has 1 rings (SSSR count). The minimum atomic E-state index is -0.654. The molecule has 3 nitrogen and oxygen atoms in total. The van der Waals surface area contributed by atoms with Gasteiger partial charge in [-0.25, -0.2) is 0 Å². The van der Waals surface area contributed by atoms with Crippen molar-refractivity contribution in [1.82, 2.24) is 0 Å². The number of ether oxygens (including phenoxy) is 1. The largest absolute Gasteiger partial charge is 0.496 e. The Morgan fingerprint density at radius 1 is 1.39 bits per heavy atom. The molecule has 0 aliphatic rings. The fraction of sp³-hybridized carbons (Fsp3) is 0.364. The van der Waals surface area contributed by atoms with Gasteiger partial charge in [0.2, 0.25) is 5.91 Å². The maximum atomic E-state index is 12.0. The van der Waals surface area contributed by atoms with E-state index in [4.69, 9.17) is 4.74 Å². The lowest BCUT2D eigenvalue weighted by atomic mass is 10.2. The SMILES string of the molecule is COc1cc(Br)c(NC(=O)C(C)(Br)CBr)cc1Br. The number of carbonyl (C=O) groups is 1. The minimum Gasteiger partial charge on any atom is -0.496 e. The summed E-state index contributed by atoms with van der Waals surface area (Å²) in [6.07, 6.45) is 0. The Labute approximate surface area is 140 Å². The van der Waals surface area contributed by atoms with Gasteiger partial charge in [0.15, 0.2) is 0 Å². The number of benzene rings is 1. The molecule has 0 bridgehead atoms. The lowest BCUT2D eigenvalue weighted by molar-refractivity contribution is -0.117. The van der Waals surface area contributed by atoms with Gasteiger partial charge in [-0.3, -0.25) is 4.79 Å². The Kier molecular flexibility index (Phi) is 6.15. The molecule has 7 heteroatoms. The van der Waals surface area contributed by atoms with Gasteiger partial charge in [-0.15, -0.1) is 0 Å². The Balaban J connectivity index is 2.99. The Hall–Kier alpha value is 0.410. The second-order valence-electron chi connectivity index (χ2n) is 3.75. The highest BCUT2D eigenvalue weighted by Gasteiger charge is 2.29. The number of carbonyl (C=O) groups excluding carboxylic acids is 1. The maximum Gasteiger partial charge on any atom is 0.241 e. The molecule has 1 aromatic carbocycles. The van der Waals surface area contributed by atoms with Crippen LogP contribution in [0.2, 0.25) is 0 Å². The molecule has 0 saturated heterocycles. The third kappa shape index (κ3) is 3.95. The van der Waals surface area contributed by atoms with Gasteiger partial charge < -0.3 is 10.1 Å². The van der Waals surface area contributed by atoms with Crippen LogP contribution in [0.15, 0.2) is 21.1 Å². The average molecular weight is 509 g/mol. The summed E-state index contributed by atoms with van der Waals surface area (Å²) in [4.78, 5) is 12.0. The predicted molar refractivity (Wildman–Crippen MR) is 88.1 cm³/mol. The molecule has 0 saturated carbocycles. The van der Waals surface area contributed by atoms with Crippen LogP contribution in [-0.2, 0) is 4.79 Å². The van der Waals surface area contributed by atoms with Gasteiger partial charge >= 0.3 is 0 Å². The second kappa shape index (κ2) is 6.72. The van der Waals surface area contributed by atoms with Crippen molar-refractivity contribution >= 4 is 75.3 Å². The van der Waals surface area contributed by atoms with Crippen LogP contribution in [0.5, 0.6) is 5.75 Å². The monoisotopic (exact) mass is 505 g/mol. The number of rotatable bonds is 4. The first-order valence-corrected chi connectivity index (χ1v) is 8.41. The number of alkyl halides is 2. The maximum absolute atomic E-state index is 12.0. The van der Waals surface area contributed by atoms with E-state index < -0.39 is 4.32 Å². The van der Waals surface area contributed by atoms with E-state index in [1.54, 1.807) is 26.2 Å². The van der Waals surface area contributed by atoms with Crippen LogP contribution < -0.4 is 10.1 Å². The van der Waals surface area contributed by atoms with Crippen molar-refractivity contribution in [3.05, 3.63) is 21.1 Å². The third-order valence-electron chi connectivity index (χ3n) is 2.21. The van der Waals surface area contributed by atoms with Crippen LogP contribution in [0.3, 0.4) is 0 Å². The molecular weight excluding hydrogens is 498 g/mol. The number of nitrogens with one attached hydrogen (secondary N) is 1. The van der Waals surface area contributed by atoms with Crippen LogP contribution in [0.25, 0.3) is 0 Å². The van der Waals surface area contributed by atoms with Gasteiger partial charge in [0, 0.05) is 9.80 Å². The number of hydrogen-bond acceptors (Lipinski definition) is 2. The van der Waals surface area contributed by atoms with Gasteiger partial charge in [-0.05, 0) is 50.9 Å². The molecule has 0 fully saturated rings. The number of methoxy groups -OCH3 is 1. The summed E-state index contributed by atoms with van der Waals surface area (Å²) in [6.45, 7) is 1.80. The summed E-state index contributed by atoms with van der Waals surface area (Å²) in [5, 5.41) is 3.36. The normalized spacial score (nSPS) is 13.9. The van der Waals surface area contributed by atoms with E-state index in [9.17, 15) is 4.79 Å². The van der Waals surface area contributed by atoms with Crippen LogP contribution in [-0.4, -0.2) is 22.7 Å². The molecule has 0 radical (unpaired) electrons. The Morgan fingerprint density at radius 2 is 2.00 bits per heavy atom. The summed E-state index contributed by atoms with van der Waals surface area (Å²) < 4.78 is 6.05. The molecule has 100 valence electrons. The van der Waals surface area contributed by atoms with Gasteiger partial charge in [0.1, 0.15) is 10.1 Å². The average Bonchev–Trinajstić information content (AvgIpc) is 2.33. The summed E-state index contributed by atoms with van der Waals surface area (Å²) in [5.41, 5.74) is 0.680. The topological polar surface area (TPSA) is 38.3 Å². The van der Waals surface area contributed by atoms with Crippen molar-refractivity contribution in [2.24, 2.45) is 0 Å². The molecular formula is C11H11Br4NO2. The molecule has 0 aromatic heterocycles. The molecule has 0 spiro atoms. The van der Waals surface area contributed by atoms with E-state index in [-0.39, 0.29) is 5.91 Å². The van der Waals surface area contributed by atoms with E-state index in [0.717, 1.165) is 8.95 Å². The van der Waals surface area contributed by atoms with E-state index in [1.807, 2.05) is 0 Å². The van der Waals surface area contributed by atoms with Crippen molar-refractivity contribution in [2.75, 3.05) is 17.8 Å². The number of halogens is 4. The second-order valence-corrected chi connectivity index (χ2v) is 7.77. The first-order chi connectivity index (χ1) is 8.31. The summed E-state index contributed by atoms with van der Waals surface area (Å²) >= 11 is 13.4. The third-order valence-corrected chi connectivity index (χ3v) is 6.00.